The number of rotatable bonds is 7. The maximum atomic E-state index is 12.5. The van der Waals surface area contributed by atoms with Crippen LogP contribution in [0.5, 0.6) is 11.5 Å². The predicted octanol–water partition coefficient (Wildman–Crippen LogP) is 4.92. The standard InChI is InChI=1S/C19H18Cl2N4O3S/c1-10(29-16-8-11(20)4-7-14(16)21)18(26)23-19-22-17(24-25-19)13-6-5-12(27-2)9-15(13)28-3/h4-10H,1-3H3,(H2,22,23,24,25,26). The third kappa shape index (κ3) is 5.14. The summed E-state index contributed by atoms with van der Waals surface area (Å²) in [5.74, 6) is 1.57. The summed E-state index contributed by atoms with van der Waals surface area (Å²) in [6.07, 6.45) is 0. The van der Waals surface area contributed by atoms with Crippen LogP contribution in [-0.2, 0) is 4.79 Å². The van der Waals surface area contributed by atoms with Crippen LogP contribution in [0.3, 0.4) is 0 Å². The molecule has 2 N–H and O–H groups in total. The van der Waals surface area contributed by atoms with Crippen LogP contribution < -0.4 is 14.8 Å². The average Bonchev–Trinajstić information content (AvgIpc) is 3.18. The number of benzene rings is 2. The van der Waals surface area contributed by atoms with Crippen molar-refractivity contribution in [1.82, 2.24) is 15.2 Å². The van der Waals surface area contributed by atoms with Gasteiger partial charge in [0, 0.05) is 16.0 Å². The summed E-state index contributed by atoms with van der Waals surface area (Å²) in [6, 6.07) is 10.4. The zero-order chi connectivity index (χ0) is 21.0. The summed E-state index contributed by atoms with van der Waals surface area (Å²) in [6.45, 7) is 1.76. The Morgan fingerprint density at radius 3 is 2.69 bits per heavy atom. The van der Waals surface area contributed by atoms with Crippen LogP contribution in [0.1, 0.15) is 6.92 Å². The normalized spacial score (nSPS) is 11.8. The second-order valence-electron chi connectivity index (χ2n) is 5.90. The van der Waals surface area contributed by atoms with E-state index in [0.29, 0.717) is 32.9 Å². The number of carbonyl (C=O) groups is 1. The SMILES string of the molecule is COc1ccc(-c2nc(NC(=O)C(C)Sc3cc(Cl)ccc3Cl)n[nH]2)c(OC)c1. The fourth-order valence-corrected chi connectivity index (χ4v) is 3.87. The van der Waals surface area contributed by atoms with Crippen molar-refractivity contribution in [2.24, 2.45) is 0 Å². The van der Waals surface area contributed by atoms with Crippen LogP contribution in [0.15, 0.2) is 41.3 Å². The first-order valence-electron chi connectivity index (χ1n) is 8.48. The van der Waals surface area contributed by atoms with Gasteiger partial charge in [0.1, 0.15) is 11.5 Å². The van der Waals surface area contributed by atoms with Gasteiger partial charge in [-0.05, 0) is 37.3 Å². The lowest BCUT2D eigenvalue weighted by Crippen LogP contribution is -2.23. The average molecular weight is 453 g/mol. The predicted molar refractivity (Wildman–Crippen MR) is 115 cm³/mol. The van der Waals surface area contributed by atoms with Gasteiger partial charge in [-0.1, -0.05) is 23.2 Å². The van der Waals surface area contributed by atoms with E-state index in [1.54, 1.807) is 57.5 Å². The van der Waals surface area contributed by atoms with Gasteiger partial charge < -0.3 is 9.47 Å². The minimum Gasteiger partial charge on any atom is -0.497 e. The smallest absolute Gasteiger partial charge is 0.249 e. The third-order valence-corrected chi connectivity index (χ3v) is 5.79. The van der Waals surface area contributed by atoms with Crippen LogP contribution in [0, 0.1) is 0 Å². The number of aromatic nitrogens is 3. The first kappa shape index (κ1) is 21.3. The number of aromatic amines is 1. The fourth-order valence-electron chi connectivity index (χ4n) is 2.46. The molecule has 3 aromatic rings. The molecule has 10 heteroatoms. The Balaban J connectivity index is 1.71. The number of ether oxygens (including phenoxy) is 2. The van der Waals surface area contributed by atoms with Gasteiger partial charge in [0.15, 0.2) is 5.82 Å². The molecule has 3 rings (SSSR count). The zero-order valence-corrected chi connectivity index (χ0v) is 18.2. The van der Waals surface area contributed by atoms with Crippen molar-refractivity contribution >= 4 is 46.8 Å². The highest BCUT2D eigenvalue weighted by Gasteiger charge is 2.19. The molecule has 0 aliphatic carbocycles. The number of halogens is 2. The third-order valence-electron chi connectivity index (χ3n) is 3.95. The van der Waals surface area contributed by atoms with Crippen molar-refractivity contribution in [3.63, 3.8) is 0 Å². The number of hydrogen-bond donors (Lipinski definition) is 2. The van der Waals surface area contributed by atoms with Crippen LogP contribution >= 0.6 is 35.0 Å². The van der Waals surface area contributed by atoms with Gasteiger partial charge in [0.05, 0.1) is 30.1 Å². The second kappa shape index (κ2) is 9.39. The van der Waals surface area contributed by atoms with E-state index in [2.05, 4.69) is 20.5 Å². The molecule has 2 aromatic carbocycles. The second-order valence-corrected chi connectivity index (χ2v) is 8.12. The molecule has 7 nitrogen and oxygen atoms in total. The number of carbonyl (C=O) groups excluding carboxylic acids is 1. The number of nitrogens with one attached hydrogen (secondary N) is 2. The number of thioether (sulfide) groups is 1. The topological polar surface area (TPSA) is 89.1 Å². The van der Waals surface area contributed by atoms with Crippen molar-refractivity contribution in [3.05, 3.63) is 46.4 Å². The van der Waals surface area contributed by atoms with Gasteiger partial charge >= 0.3 is 0 Å². The lowest BCUT2D eigenvalue weighted by Gasteiger charge is -2.11. The largest absolute Gasteiger partial charge is 0.497 e. The molecule has 0 saturated heterocycles. The minimum atomic E-state index is -0.441. The van der Waals surface area contributed by atoms with Gasteiger partial charge in [-0.3, -0.25) is 15.2 Å². The van der Waals surface area contributed by atoms with E-state index in [1.165, 1.54) is 11.8 Å². The highest BCUT2D eigenvalue weighted by atomic mass is 35.5. The zero-order valence-electron chi connectivity index (χ0n) is 15.8. The van der Waals surface area contributed by atoms with E-state index < -0.39 is 5.25 Å². The molecule has 1 amide bonds. The van der Waals surface area contributed by atoms with E-state index in [-0.39, 0.29) is 11.9 Å². The quantitative estimate of drug-likeness (QED) is 0.494. The molecule has 1 aromatic heterocycles. The summed E-state index contributed by atoms with van der Waals surface area (Å²) in [7, 11) is 3.13. The fraction of sp³-hybridized carbons (Fsp3) is 0.211. The number of methoxy groups -OCH3 is 2. The van der Waals surface area contributed by atoms with Crippen molar-refractivity contribution in [3.8, 4) is 22.9 Å². The Morgan fingerprint density at radius 1 is 1.17 bits per heavy atom. The molecule has 1 unspecified atom stereocenters. The monoisotopic (exact) mass is 452 g/mol. The molecule has 0 saturated carbocycles. The maximum absolute atomic E-state index is 12.5. The number of anilines is 1. The number of nitrogens with zero attached hydrogens (tertiary/aromatic N) is 2. The van der Waals surface area contributed by atoms with E-state index in [9.17, 15) is 4.79 Å². The van der Waals surface area contributed by atoms with Gasteiger partial charge in [-0.25, -0.2) is 0 Å². The van der Waals surface area contributed by atoms with Gasteiger partial charge in [-0.2, -0.15) is 4.98 Å². The lowest BCUT2D eigenvalue weighted by atomic mass is 10.2. The molecule has 0 aliphatic heterocycles. The molecule has 1 heterocycles. The molecule has 1 atom stereocenters. The molecule has 29 heavy (non-hydrogen) atoms. The number of H-pyrrole nitrogens is 1. The first-order valence-corrected chi connectivity index (χ1v) is 10.1. The minimum absolute atomic E-state index is 0.160. The van der Waals surface area contributed by atoms with E-state index in [0.717, 1.165) is 4.90 Å². The number of hydrogen-bond acceptors (Lipinski definition) is 6. The van der Waals surface area contributed by atoms with E-state index in [1.807, 2.05) is 0 Å². The highest BCUT2D eigenvalue weighted by molar-refractivity contribution is 8.00. The van der Waals surface area contributed by atoms with Gasteiger partial charge in [0.2, 0.25) is 11.9 Å². The molecular weight excluding hydrogens is 435 g/mol. The van der Waals surface area contributed by atoms with Crippen LogP contribution in [0.25, 0.3) is 11.4 Å². The molecule has 152 valence electrons. The molecule has 0 aliphatic rings. The van der Waals surface area contributed by atoms with Crippen molar-refractivity contribution < 1.29 is 14.3 Å². The lowest BCUT2D eigenvalue weighted by molar-refractivity contribution is -0.115. The van der Waals surface area contributed by atoms with Crippen molar-refractivity contribution in [1.29, 1.82) is 0 Å². The summed E-state index contributed by atoms with van der Waals surface area (Å²) in [4.78, 5) is 17.6. The Labute approximate surface area is 182 Å². The maximum Gasteiger partial charge on any atom is 0.249 e. The van der Waals surface area contributed by atoms with E-state index in [4.69, 9.17) is 32.7 Å². The van der Waals surface area contributed by atoms with Crippen molar-refractivity contribution in [2.75, 3.05) is 19.5 Å². The molecule has 0 bridgehead atoms. The highest BCUT2D eigenvalue weighted by Crippen LogP contribution is 2.34. The summed E-state index contributed by atoms with van der Waals surface area (Å²) >= 11 is 13.5. The Bertz CT molecular complexity index is 1030. The van der Waals surface area contributed by atoms with E-state index >= 15 is 0 Å². The van der Waals surface area contributed by atoms with Gasteiger partial charge in [0.25, 0.3) is 0 Å². The molecule has 0 fully saturated rings. The summed E-state index contributed by atoms with van der Waals surface area (Å²) < 4.78 is 10.6. The first-order chi connectivity index (χ1) is 13.9. The van der Waals surface area contributed by atoms with Crippen LogP contribution in [-0.4, -0.2) is 40.6 Å². The molecular formula is C19H18Cl2N4O3S. The summed E-state index contributed by atoms with van der Waals surface area (Å²) in [5.41, 5.74) is 0.689. The Morgan fingerprint density at radius 2 is 1.97 bits per heavy atom. The molecule has 0 radical (unpaired) electrons. The van der Waals surface area contributed by atoms with Crippen LogP contribution in [0.2, 0.25) is 10.0 Å². The van der Waals surface area contributed by atoms with Crippen molar-refractivity contribution in [2.45, 2.75) is 17.1 Å². The molecule has 0 spiro atoms. The number of amides is 1. The summed E-state index contributed by atoms with van der Waals surface area (Å²) in [5, 5.41) is 10.2. The van der Waals surface area contributed by atoms with Gasteiger partial charge in [-0.15, -0.1) is 16.9 Å². The Hall–Kier alpha value is -2.42. The van der Waals surface area contributed by atoms with Crippen LogP contribution in [0.4, 0.5) is 5.95 Å². The Kier molecular flexibility index (Phi) is 6.89.